The van der Waals surface area contributed by atoms with Gasteiger partial charge >= 0.3 is 0 Å². The highest BCUT2D eigenvalue weighted by atomic mass is 32.2. The third kappa shape index (κ3) is 3.73. The number of rotatable bonds is 6. The quantitative estimate of drug-likeness (QED) is 0.651. The van der Waals surface area contributed by atoms with E-state index in [1.807, 2.05) is 6.92 Å². The van der Waals surface area contributed by atoms with Crippen LogP contribution in [-0.4, -0.2) is 19.9 Å². The average molecular weight is 322 g/mol. The summed E-state index contributed by atoms with van der Waals surface area (Å²) >= 11 is 0. The Morgan fingerprint density at radius 1 is 1.09 bits per heavy atom. The number of nitro groups is 1. The normalized spacial score (nSPS) is 11.0. The molecule has 0 saturated heterocycles. The first-order valence-electron chi connectivity index (χ1n) is 6.42. The zero-order valence-corrected chi connectivity index (χ0v) is 12.5. The van der Waals surface area contributed by atoms with E-state index < -0.39 is 14.9 Å². The minimum Gasteiger partial charge on any atom is -0.494 e. The number of anilines is 1. The third-order valence-corrected chi connectivity index (χ3v) is 4.17. The van der Waals surface area contributed by atoms with Crippen molar-refractivity contribution in [2.24, 2.45) is 0 Å². The van der Waals surface area contributed by atoms with E-state index in [0.717, 1.165) is 0 Å². The molecule has 2 aromatic rings. The molecule has 0 aromatic heterocycles. The maximum atomic E-state index is 12.2. The Morgan fingerprint density at radius 3 is 2.18 bits per heavy atom. The molecule has 8 heteroatoms. The van der Waals surface area contributed by atoms with Gasteiger partial charge < -0.3 is 4.74 Å². The van der Waals surface area contributed by atoms with Crippen LogP contribution in [0.2, 0.25) is 0 Å². The molecule has 0 aliphatic rings. The number of hydrogen-bond donors (Lipinski definition) is 1. The van der Waals surface area contributed by atoms with E-state index in [2.05, 4.69) is 4.72 Å². The summed E-state index contributed by atoms with van der Waals surface area (Å²) in [5.74, 6) is 0.580. The molecule has 2 aromatic carbocycles. The molecule has 0 unspecified atom stereocenters. The van der Waals surface area contributed by atoms with E-state index in [9.17, 15) is 18.5 Å². The fourth-order valence-electron chi connectivity index (χ4n) is 1.75. The molecule has 7 nitrogen and oxygen atoms in total. The molecular formula is C14H14N2O5S. The molecule has 0 spiro atoms. The van der Waals surface area contributed by atoms with E-state index in [1.165, 1.54) is 36.4 Å². The molecule has 116 valence electrons. The molecule has 0 aliphatic carbocycles. The largest absolute Gasteiger partial charge is 0.494 e. The number of nitrogens with one attached hydrogen (secondary N) is 1. The Bertz CT molecular complexity index is 755. The van der Waals surface area contributed by atoms with Gasteiger partial charge in [0.1, 0.15) is 5.75 Å². The predicted octanol–water partition coefficient (Wildman–Crippen LogP) is 2.79. The van der Waals surface area contributed by atoms with E-state index in [-0.39, 0.29) is 16.3 Å². The second-order valence-electron chi connectivity index (χ2n) is 4.31. The van der Waals surface area contributed by atoms with Gasteiger partial charge in [-0.2, -0.15) is 0 Å². The molecule has 0 bridgehead atoms. The SMILES string of the molecule is CCOc1ccc(S(=O)(=O)Nc2ccc([N+](=O)[O-])cc2)cc1. The molecular weight excluding hydrogens is 308 g/mol. The Labute approximate surface area is 127 Å². The summed E-state index contributed by atoms with van der Waals surface area (Å²) in [7, 11) is -3.75. The number of non-ortho nitro benzene ring substituents is 1. The number of hydrogen-bond acceptors (Lipinski definition) is 5. The topological polar surface area (TPSA) is 98.5 Å². The standard InChI is InChI=1S/C14H14N2O5S/c1-2-21-13-7-9-14(10-8-13)22(19,20)15-11-3-5-12(6-4-11)16(17)18/h3-10,15H,2H2,1H3. The molecule has 0 atom stereocenters. The van der Waals surface area contributed by atoms with Crippen LogP contribution in [0.3, 0.4) is 0 Å². The van der Waals surface area contributed by atoms with Gasteiger partial charge in [-0.15, -0.1) is 0 Å². The van der Waals surface area contributed by atoms with Crippen LogP contribution in [0.4, 0.5) is 11.4 Å². The maximum Gasteiger partial charge on any atom is 0.269 e. The van der Waals surface area contributed by atoms with Crippen LogP contribution in [-0.2, 0) is 10.0 Å². The Hall–Kier alpha value is -2.61. The lowest BCUT2D eigenvalue weighted by Gasteiger charge is -2.09. The second-order valence-corrected chi connectivity index (χ2v) is 6.00. The Morgan fingerprint density at radius 2 is 1.68 bits per heavy atom. The molecule has 22 heavy (non-hydrogen) atoms. The van der Waals surface area contributed by atoms with Crippen molar-refractivity contribution in [1.29, 1.82) is 0 Å². The fourth-order valence-corrected chi connectivity index (χ4v) is 2.81. The molecule has 0 amide bonds. The summed E-state index contributed by atoms with van der Waals surface area (Å²) in [5, 5.41) is 10.6. The lowest BCUT2D eigenvalue weighted by molar-refractivity contribution is -0.384. The Kier molecular flexibility index (Phi) is 4.62. The molecule has 1 N–H and O–H groups in total. The van der Waals surface area contributed by atoms with Crippen molar-refractivity contribution < 1.29 is 18.1 Å². The lowest BCUT2D eigenvalue weighted by atomic mass is 10.3. The van der Waals surface area contributed by atoms with Crippen molar-refractivity contribution in [3.8, 4) is 5.75 Å². The maximum absolute atomic E-state index is 12.2. The van der Waals surface area contributed by atoms with Crippen LogP contribution in [0.15, 0.2) is 53.4 Å². The number of ether oxygens (including phenoxy) is 1. The summed E-state index contributed by atoms with van der Waals surface area (Å²) in [6.45, 7) is 2.33. The average Bonchev–Trinajstić information content (AvgIpc) is 2.48. The van der Waals surface area contributed by atoms with E-state index in [0.29, 0.717) is 12.4 Å². The van der Waals surface area contributed by atoms with Crippen molar-refractivity contribution in [3.63, 3.8) is 0 Å². The van der Waals surface area contributed by atoms with Crippen molar-refractivity contribution in [1.82, 2.24) is 0 Å². The highest BCUT2D eigenvalue weighted by Gasteiger charge is 2.15. The fraction of sp³-hybridized carbons (Fsp3) is 0.143. The van der Waals surface area contributed by atoms with Crippen LogP contribution in [0.25, 0.3) is 0 Å². The van der Waals surface area contributed by atoms with Gasteiger partial charge in [0.25, 0.3) is 15.7 Å². The summed E-state index contributed by atoms with van der Waals surface area (Å²) < 4.78 is 32.0. The number of sulfonamides is 1. The smallest absolute Gasteiger partial charge is 0.269 e. The van der Waals surface area contributed by atoms with Gasteiger partial charge in [0.05, 0.1) is 16.4 Å². The van der Waals surface area contributed by atoms with E-state index in [1.54, 1.807) is 12.1 Å². The van der Waals surface area contributed by atoms with Crippen molar-refractivity contribution in [2.75, 3.05) is 11.3 Å². The Balaban J connectivity index is 2.18. The highest BCUT2D eigenvalue weighted by molar-refractivity contribution is 7.92. The van der Waals surface area contributed by atoms with Crippen molar-refractivity contribution in [3.05, 3.63) is 58.6 Å². The first kappa shape index (κ1) is 15.8. The van der Waals surface area contributed by atoms with Gasteiger partial charge in [0.15, 0.2) is 0 Å². The number of benzene rings is 2. The zero-order chi connectivity index (χ0) is 16.2. The van der Waals surface area contributed by atoms with Gasteiger partial charge in [0, 0.05) is 17.8 Å². The van der Waals surface area contributed by atoms with Crippen LogP contribution in [0.1, 0.15) is 6.92 Å². The summed E-state index contributed by atoms with van der Waals surface area (Å²) in [5.41, 5.74) is 0.142. The number of nitro benzene ring substituents is 1. The lowest BCUT2D eigenvalue weighted by Crippen LogP contribution is -2.12. The minimum absolute atomic E-state index is 0.0781. The van der Waals surface area contributed by atoms with Gasteiger partial charge in [-0.25, -0.2) is 8.42 Å². The van der Waals surface area contributed by atoms with Gasteiger partial charge in [-0.3, -0.25) is 14.8 Å². The van der Waals surface area contributed by atoms with Crippen LogP contribution >= 0.6 is 0 Å². The third-order valence-electron chi connectivity index (χ3n) is 2.78. The van der Waals surface area contributed by atoms with E-state index in [4.69, 9.17) is 4.74 Å². The number of nitrogens with zero attached hydrogens (tertiary/aromatic N) is 1. The molecule has 2 rings (SSSR count). The molecule has 0 heterocycles. The zero-order valence-electron chi connectivity index (χ0n) is 11.7. The van der Waals surface area contributed by atoms with Gasteiger partial charge in [0.2, 0.25) is 0 Å². The van der Waals surface area contributed by atoms with Gasteiger partial charge in [-0.1, -0.05) is 0 Å². The van der Waals surface area contributed by atoms with Gasteiger partial charge in [-0.05, 0) is 43.3 Å². The molecule has 0 fully saturated rings. The van der Waals surface area contributed by atoms with Crippen LogP contribution in [0.5, 0.6) is 5.75 Å². The summed E-state index contributed by atoms with van der Waals surface area (Å²) in [4.78, 5) is 10.1. The second kappa shape index (κ2) is 6.44. The molecule has 0 saturated carbocycles. The summed E-state index contributed by atoms with van der Waals surface area (Å²) in [6.07, 6.45) is 0. The predicted molar refractivity (Wildman–Crippen MR) is 81.5 cm³/mol. The van der Waals surface area contributed by atoms with Crippen molar-refractivity contribution in [2.45, 2.75) is 11.8 Å². The van der Waals surface area contributed by atoms with Crippen LogP contribution in [0, 0.1) is 10.1 Å². The summed E-state index contributed by atoms with van der Waals surface area (Å²) in [6, 6.07) is 11.1. The monoisotopic (exact) mass is 322 g/mol. The highest BCUT2D eigenvalue weighted by Crippen LogP contribution is 2.21. The first-order valence-corrected chi connectivity index (χ1v) is 7.91. The molecule has 0 aliphatic heterocycles. The minimum atomic E-state index is -3.75. The van der Waals surface area contributed by atoms with Crippen molar-refractivity contribution >= 4 is 21.4 Å². The molecule has 0 radical (unpaired) electrons. The van der Waals surface area contributed by atoms with Crippen LogP contribution < -0.4 is 9.46 Å². The van der Waals surface area contributed by atoms with E-state index >= 15 is 0 Å². The first-order chi connectivity index (χ1) is 10.4.